The summed E-state index contributed by atoms with van der Waals surface area (Å²) < 4.78 is 0. The number of unbranched alkanes of at least 4 members (excludes halogenated alkanes) is 5. The molecule has 0 aliphatic heterocycles. The second kappa shape index (κ2) is 9.31. The molecule has 0 bridgehead atoms. The summed E-state index contributed by atoms with van der Waals surface area (Å²) in [7, 11) is 0. The van der Waals surface area contributed by atoms with Gasteiger partial charge in [-0.15, -0.1) is 0 Å². The van der Waals surface area contributed by atoms with E-state index in [-0.39, 0.29) is 0 Å². The summed E-state index contributed by atoms with van der Waals surface area (Å²) in [5.41, 5.74) is 7.96. The van der Waals surface area contributed by atoms with Crippen LogP contribution in [0.1, 0.15) is 38.5 Å². The van der Waals surface area contributed by atoms with Crippen LogP contribution < -0.4 is 0 Å². The molecule has 0 aromatic carbocycles. The number of azide groups is 1. The lowest BCUT2D eigenvalue weighted by Gasteiger charge is -1.96. The van der Waals surface area contributed by atoms with Gasteiger partial charge < -0.3 is 0 Å². The highest BCUT2D eigenvalue weighted by Crippen LogP contribution is 2.04. The standard InChI is InChI=1S/C8H16N3/c1-2-3-4-5-6-7-8-10-11-9/h1-8H2. The van der Waals surface area contributed by atoms with Crippen molar-refractivity contribution < 1.29 is 0 Å². The van der Waals surface area contributed by atoms with Crippen LogP contribution in [-0.4, -0.2) is 6.54 Å². The maximum Gasteiger partial charge on any atom is 0.0257 e. The van der Waals surface area contributed by atoms with E-state index in [9.17, 15) is 0 Å². The molecule has 0 rings (SSSR count). The Bertz CT molecular complexity index is 117. The summed E-state index contributed by atoms with van der Waals surface area (Å²) in [6, 6.07) is 0. The first-order valence-electron chi connectivity index (χ1n) is 4.22. The first kappa shape index (κ1) is 10.3. The maximum absolute atomic E-state index is 7.96. The van der Waals surface area contributed by atoms with Gasteiger partial charge >= 0.3 is 0 Å². The van der Waals surface area contributed by atoms with Gasteiger partial charge in [-0.25, -0.2) is 0 Å². The molecule has 0 unspecified atom stereocenters. The second-order valence-corrected chi connectivity index (χ2v) is 2.58. The van der Waals surface area contributed by atoms with E-state index in [1.54, 1.807) is 0 Å². The predicted molar refractivity (Wildman–Crippen MR) is 47.1 cm³/mol. The summed E-state index contributed by atoms with van der Waals surface area (Å²) in [6.45, 7) is 4.42. The SMILES string of the molecule is [CH2]CCCCCCCN=[N+]=[N-]. The minimum Gasteiger partial charge on any atom is -0.0940 e. The van der Waals surface area contributed by atoms with Crippen LogP contribution in [0.5, 0.6) is 0 Å². The summed E-state index contributed by atoms with van der Waals surface area (Å²) >= 11 is 0. The molecule has 0 spiro atoms. The molecule has 0 aromatic rings. The largest absolute Gasteiger partial charge is 0.0940 e. The summed E-state index contributed by atoms with van der Waals surface area (Å²) in [4.78, 5) is 2.68. The molecule has 0 amide bonds. The summed E-state index contributed by atoms with van der Waals surface area (Å²) in [5, 5.41) is 3.46. The normalized spacial score (nSPS) is 9.18. The Labute approximate surface area is 68.4 Å². The van der Waals surface area contributed by atoms with Crippen molar-refractivity contribution in [3.05, 3.63) is 17.4 Å². The fourth-order valence-electron chi connectivity index (χ4n) is 0.934. The van der Waals surface area contributed by atoms with Crippen LogP contribution in [0, 0.1) is 6.92 Å². The number of nitrogens with zero attached hydrogens (tertiary/aromatic N) is 3. The minimum absolute atomic E-state index is 0.654. The van der Waals surface area contributed by atoms with Crippen LogP contribution >= 0.6 is 0 Å². The van der Waals surface area contributed by atoms with Gasteiger partial charge in [0, 0.05) is 11.5 Å². The van der Waals surface area contributed by atoms with Gasteiger partial charge in [0.2, 0.25) is 0 Å². The predicted octanol–water partition coefficient (Wildman–Crippen LogP) is 3.47. The molecule has 0 aliphatic carbocycles. The van der Waals surface area contributed by atoms with E-state index >= 15 is 0 Å². The van der Waals surface area contributed by atoms with E-state index in [0.29, 0.717) is 6.54 Å². The molecule has 11 heavy (non-hydrogen) atoms. The third-order valence-electron chi connectivity index (χ3n) is 1.57. The van der Waals surface area contributed by atoms with E-state index in [1.165, 1.54) is 25.7 Å². The third-order valence-corrected chi connectivity index (χ3v) is 1.57. The Kier molecular flexibility index (Phi) is 8.73. The topological polar surface area (TPSA) is 48.8 Å². The average molecular weight is 154 g/mol. The summed E-state index contributed by atoms with van der Waals surface area (Å²) in [6.07, 6.45) is 6.98. The first-order valence-corrected chi connectivity index (χ1v) is 4.22. The lowest BCUT2D eigenvalue weighted by molar-refractivity contribution is 0.621. The van der Waals surface area contributed by atoms with E-state index < -0.39 is 0 Å². The minimum atomic E-state index is 0.654. The van der Waals surface area contributed by atoms with Crippen molar-refractivity contribution in [3.8, 4) is 0 Å². The zero-order valence-electron chi connectivity index (χ0n) is 7.00. The van der Waals surface area contributed by atoms with Gasteiger partial charge in [-0.2, -0.15) is 0 Å². The van der Waals surface area contributed by atoms with Crippen LogP contribution in [0.3, 0.4) is 0 Å². The van der Waals surface area contributed by atoms with Crippen molar-refractivity contribution in [2.45, 2.75) is 38.5 Å². The Morgan fingerprint density at radius 1 is 1.09 bits per heavy atom. The van der Waals surface area contributed by atoms with Crippen molar-refractivity contribution in [1.29, 1.82) is 0 Å². The maximum atomic E-state index is 7.96. The molecule has 0 N–H and O–H groups in total. The molecule has 0 aromatic heterocycles. The van der Waals surface area contributed by atoms with Crippen LogP contribution in [0.25, 0.3) is 10.4 Å². The van der Waals surface area contributed by atoms with Gasteiger partial charge in [0.25, 0.3) is 0 Å². The molecule has 0 aliphatic rings. The fraction of sp³-hybridized carbons (Fsp3) is 0.875. The van der Waals surface area contributed by atoms with E-state index in [2.05, 4.69) is 16.9 Å². The molecule has 0 saturated heterocycles. The Hall–Kier alpha value is -0.690. The van der Waals surface area contributed by atoms with E-state index in [1.807, 2.05) is 0 Å². The molecular weight excluding hydrogens is 138 g/mol. The van der Waals surface area contributed by atoms with Gasteiger partial charge in [-0.05, 0) is 12.0 Å². The third kappa shape index (κ3) is 9.31. The molecular formula is C8H16N3. The first-order chi connectivity index (χ1) is 5.41. The van der Waals surface area contributed by atoms with Crippen LogP contribution in [0.2, 0.25) is 0 Å². The van der Waals surface area contributed by atoms with Crippen molar-refractivity contribution in [2.24, 2.45) is 5.11 Å². The lowest BCUT2D eigenvalue weighted by Crippen LogP contribution is -1.81. The summed E-state index contributed by atoms with van der Waals surface area (Å²) in [5.74, 6) is 0. The fourth-order valence-corrected chi connectivity index (χ4v) is 0.934. The van der Waals surface area contributed by atoms with Crippen LogP contribution in [-0.2, 0) is 0 Å². The highest BCUT2D eigenvalue weighted by Gasteiger charge is 1.87. The Morgan fingerprint density at radius 3 is 2.36 bits per heavy atom. The number of hydrogen-bond acceptors (Lipinski definition) is 1. The van der Waals surface area contributed by atoms with E-state index in [0.717, 1.165) is 12.8 Å². The van der Waals surface area contributed by atoms with E-state index in [4.69, 9.17) is 5.53 Å². The lowest BCUT2D eigenvalue weighted by atomic mass is 10.1. The van der Waals surface area contributed by atoms with Gasteiger partial charge in [0.05, 0.1) is 0 Å². The van der Waals surface area contributed by atoms with Crippen molar-refractivity contribution in [1.82, 2.24) is 0 Å². The zero-order chi connectivity index (χ0) is 8.36. The quantitative estimate of drug-likeness (QED) is 0.233. The van der Waals surface area contributed by atoms with Crippen LogP contribution in [0.4, 0.5) is 0 Å². The molecule has 0 fully saturated rings. The van der Waals surface area contributed by atoms with Gasteiger partial charge in [-0.1, -0.05) is 44.1 Å². The second-order valence-electron chi connectivity index (χ2n) is 2.58. The smallest absolute Gasteiger partial charge is 0.0257 e. The molecule has 0 atom stereocenters. The molecule has 0 heterocycles. The molecule has 63 valence electrons. The number of hydrogen-bond donors (Lipinski definition) is 0. The molecule has 1 radical (unpaired) electrons. The van der Waals surface area contributed by atoms with Crippen molar-refractivity contribution in [2.75, 3.05) is 6.54 Å². The van der Waals surface area contributed by atoms with Gasteiger partial charge in [0.1, 0.15) is 0 Å². The van der Waals surface area contributed by atoms with Gasteiger partial charge in [0.15, 0.2) is 0 Å². The van der Waals surface area contributed by atoms with Crippen LogP contribution in [0.15, 0.2) is 5.11 Å². The highest BCUT2D eigenvalue weighted by atomic mass is 15.1. The Morgan fingerprint density at radius 2 is 1.73 bits per heavy atom. The molecule has 3 nitrogen and oxygen atoms in total. The van der Waals surface area contributed by atoms with Gasteiger partial charge in [-0.3, -0.25) is 0 Å². The number of rotatable bonds is 7. The average Bonchev–Trinajstić information content (AvgIpc) is 2.03. The molecule has 0 saturated carbocycles. The Balaban J connectivity index is 2.84. The highest BCUT2D eigenvalue weighted by molar-refractivity contribution is 4.49. The molecule has 3 heteroatoms. The van der Waals surface area contributed by atoms with Crippen molar-refractivity contribution in [3.63, 3.8) is 0 Å². The van der Waals surface area contributed by atoms with Crippen molar-refractivity contribution >= 4 is 0 Å². The zero-order valence-corrected chi connectivity index (χ0v) is 7.00. The monoisotopic (exact) mass is 154 g/mol.